The molecular formula is C8H9N3S. The highest BCUT2D eigenvalue weighted by Gasteiger charge is 2.04. The summed E-state index contributed by atoms with van der Waals surface area (Å²) in [7, 11) is 4.02. The molecule has 0 unspecified atom stereocenters. The molecule has 0 saturated carbocycles. The fourth-order valence-electron chi connectivity index (χ4n) is 1.15. The van der Waals surface area contributed by atoms with Crippen molar-refractivity contribution >= 4 is 28.4 Å². The standard InChI is InChI=1S/C8H9N3S/c1-11(2)7-5-3-4-6-8(7)10-12-9-6/h3-5H,1-2H3. The SMILES string of the molecule is CN(C)c1cccc2nsnc12. The molecule has 1 heterocycles. The second-order valence-electron chi connectivity index (χ2n) is 2.80. The summed E-state index contributed by atoms with van der Waals surface area (Å²) in [4.78, 5) is 2.05. The van der Waals surface area contributed by atoms with E-state index in [1.54, 1.807) is 0 Å². The quantitative estimate of drug-likeness (QED) is 0.668. The number of fused-ring (bicyclic) bond motifs is 1. The van der Waals surface area contributed by atoms with Crippen molar-refractivity contribution in [2.24, 2.45) is 0 Å². The Morgan fingerprint density at radius 3 is 2.83 bits per heavy atom. The molecule has 62 valence electrons. The van der Waals surface area contributed by atoms with Crippen LogP contribution in [0.5, 0.6) is 0 Å². The molecular weight excluding hydrogens is 170 g/mol. The molecule has 2 aromatic rings. The van der Waals surface area contributed by atoms with Gasteiger partial charge >= 0.3 is 0 Å². The molecule has 0 aliphatic heterocycles. The third-order valence-corrected chi connectivity index (χ3v) is 2.29. The zero-order chi connectivity index (χ0) is 8.55. The molecule has 1 aromatic carbocycles. The summed E-state index contributed by atoms with van der Waals surface area (Å²) < 4.78 is 8.39. The molecule has 0 aliphatic carbocycles. The summed E-state index contributed by atoms with van der Waals surface area (Å²) in [5.41, 5.74) is 3.10. The van der Waals surface area contributed by atoms with Crippen LogP contribution in [0.4, 0.5) is 5.69 Å². The van der Waals surface area contributed by atoms with E-state index in [0.29, 0.717) is 0 Å². The predicted molar refractivity (Wildman–Crippen MR) is 51.7 cm³/mol. The third-order valence-electron chi connectivity index (χ3n) is 1.75. The van der Waals surface area contributed by atoms with Gasteiger partial charge in [-0.2, -0.15) is 8.75 Å². The summed E-state index contributed by atoms with van der Waals surface area (Å²) in [6, 6.07) is 6.02. The minimum atomic E-state index is 0.978. The van der Waals surface area contributed by atoms with E-state index in [2.05, 4.69) is 8.75 Å². The van der Waals surface area contributed by atoms with Gasteiger partial charge in [0.05, 0.1) is 17.4 Å². The van der Waals surface area contributed by atoms with Gasteiger partial charge in [0.25, 0.3) is 0 Å². The van der Waals surface area contributed by atoms with Gasteiger partial charge in [-0.05, 0) is 12.1 Å². The maximum absolute atomic E-state index is 4.23. The maximum atomic E-state index is 4.23. The molecule has 0 fully saturated rings. The minimum Gasteiger partial charge on any atom is -0.376 e. The summed E-state index contributed by atoms with van der Waals surface area (Å²) in [6.45, 7) is 0. The molecule has 0 N–H and O–H groups in total. The Bertz CT molecular complexity index is 394. The van der Waals surface area contributed by atoms with Crippen molar-refractivity contribution in [3.05, 3.63) is 18.2 Å². The fourth-order valence-corrected chi connectivity index (χ4v) is 1.70. The van der Waals surface area contributed by atoms with Crippen LogP contribution >= 0.6 is 11.7 Å². The lowest BCUT2D eigenvalue weighted by Gasteiger charge is -2.11. The number of anilines is 1. The topological polar surface area (TPSA) is 29.0 Å². The number of benzene rings is 1. The van der Waals surface area contributed by atoms with Gasteiger partial charge in [0.1, 0.15) is 11.0 Å². The Morgan fingerprint density at radius 2 is 2.08 bits per heavy atom. The number of hydrogen-bond acceptors (Lipinski definition) is 4. The van der Waals surface area contributed by atoms with Gasteiger partial charge in [-0.25, -0.2) is 0 Å². The van der Waals surface area contributed by atoms with Crippen molar-refractivity contribution in [3.63, 3.8) is 0 Å². The van der Waals surface area contributed by atoms with Crippen LogP contribution in [0.15, 0.2) is 18.2 Å². The molecule has 3 nitrogen and oxygen atoms in total. The van der Waals surface area contributed by atoms with Crippen molar-refractivity contribution in [3.8, 4) is 0 Å². The Morgan fingerprint density at radius 1 is 1.25 bits per heavy atom. The Balaban J connectivity index is 2.73. The predicted octanol–water partition coefficient (Wildman–Crippen LogP) is 1.76. The third kappa shape index (κ3) is 1.04. The van der Waals surface area contributed by atoms with E-state index >= 15 is 0 Å². The monoisotopic (exact) mass is 179 g/mol. The fraction of sp³-hybridized carbons (Fsp3) is 0.250. The van der Waals surface area contributed by atoms with Gasteiger partial charge in [0.15, 0.2) is 0 Å². The molecule has 12 heavy (non-hydrogen) atoms. The Labute approximate surface area is 75.0 Å². The smallest absolute Gasteiger partial charge is 0.128 e. The lowest BCUT2D eigenvalue weighted by molar-refractivity contribution is 1.14. The zero-order valence-electron chi connectivity index (χ0n) is 6.98. The molecule has 4 heteroatoms. The first-order valence-corrected chi connectivity index (χ1v) is 4.40. The van der Waals surface area contributed by atoms with E-state index in [-0.39, 0.29) is 0 Å². The summed E-state index contributed by atoms with van der Waals surface area (Å²) in [5.74, 6) is 0. The van der Waals surface area contributed by atoms with Crippen molar-refractivity contribution < 1.29 is 0 Å². The van der Waals surface area contributed by atoms with Crippen LogP contribution in [0.1, 0.15) is 0 Å². The first-order chi connectivity index (χ1) is 5.79. The van der Waals surface area contributed by atoms with Crippen LogP contribution in [0.2, 0.25) is 0 Å². The first kappa shape index (κ1) is 7.49. The molecule has 0 spiro atoms. The summed E-state index contributed by atoms with van der Waals surface area (Å²) >= 11 is 1.26. The second kappa shape index (κ2) is 2.71. The molecule has 0 aliphatic rings. The van der Waals surface area contributed by atoms with E-state index in [4.69, 9.17) is 0 Å². The number of hydrogen-bond donors (Lipinski definition) is 0. The van der Waals surface area contributed by atoms with Gasteiger partial charge in [-0.3, -0.25) is 0 Å². The van der Waals surface area contributed by atoms with Crippen LogP contribution in [0.25, 0.3) is 11.0 Å². The average Bonchev–Trinajstić information content (AvgIpc) is 2.49. The maximum Gasteiger partial charge on any atom is 0.128 e. The van der Waals surface area contributed by atoms with Crippen molar-refractivity contribution in [2.75, 3.05) is 19.0 Å². The van der Waals surface area contributed by atoms with Gasteiger partial charge in [-0.15, -0.1) is 0 Å². The van der Waals surface area contributed by atoms with Gasteiger partial charge < -0.3 is 4.90 Å². The Kier molecular flexibility index (Phi) is 1.69. The van der Waals surface area contributed by atoms with Crippen LogP contribution in [-0.4, -0.2) is 22.8 Å². The largest absolute Gasteiger partial charge is 0.376 e. The number of rotatable bonds is 1. The molecule has 0 atom stereocenters. The van der Waals surface area contributed by atoms with Gasteiger partial charge in [-0.1, -0.05) is 6.07 Å². The minimum absolute atomic E-state index is 0.978. The van der Waals surface area contributed by atoms with E-state index < -0.39 is 0 Å². The lowest BCUT2D eigenvalue weighted by Crippen LogP contribution is -2.08. The normalized spacial score (nSPS) is 10.5. The van der Waals surface area contributed by atoms with Crippen molar-refractivity contribution in [1.82, 2.24) is 8.75 Å². The molecule has 2 rings (SSSR count). The lowest BCUT2D eigenvalue weighted by atomic mass is 10.2. The average molecular weight is 179 g/mol. The summed E-state index contributed by atoms with van der Waals surface area (Å²) in [6.07, 6.45) is 0. The van der Waals surface area contributed by atoms with Gasteiger partial charge in [0.2, 0.25) is 0 Å². The van der Waals surface area contributed by atoms with E-state index in [1.807, 2.05) is 37.2 Å². The van der Waals surface area contributed by atoms with Crippen molar-refractivity contribution in [1.29, 1.82) is 0 Å². The van der Waals surface area contributed by atoms with Crippen LogP contribution < -0.4 is 4.90 Å². The molecule has 1 aromatic heterocycles. The molecule has 0 amide bonds. The zero-order valence-corrected chi connectivity index (χ0v) is 7.80. The van der Waals surface area contributed by atoms with E-state index in [9.17, 15) is 0 Å². The second-order valence-corrected chi connectivity index (χ2v) is 3.33. The summed E-state index contributed by atoms with van der Waals surface area (Å²) in [5, 5.41) is 0. The molecule has 0 radical (unpaired) electrons. The highest BCUT2D eigenvalue weighted by molar-refractivity contribution is 7.00. The number of aromatic nitrogens is 2. The van der Waals surface area contributed by atoms with Gasteiger partial charge in [0, 0.05) is 14.1 Å². The van der Waals surface area contributed by atoms with Crippen LogP contribution in [0, 0.1) is 0 Å². The van der Waals surface area contributed by atoms with Crippen LogP contribution in [0.3, 0.4) is 0 Å². The van der Waals surface area contributed by atoms with E-state index in [0.717, 1.165) is 16.7 Å². The Hall–Kier alpha value is -1.16. The van der Waals surface area contributed by atoms with Crippen molar-refractivity contribution in [2.45, 2.75) is 0 Å². The van der Waals surface area contributed by atoms with Crippen LogP contribution in [-0.2, 0) is 0 Å². The van der Waals surface area contributed by atoms with E-state index in [1.165, 1.54) is 11.7 Å². The molecule has 0 bridgehead atoms. The highest BCUT2D eigenvalue weighted by Crippen LogP contribution is 2.22. The first-order valence-electron chi connectivity index (χ1n) is 3.67. The number of nitrogens with zero attached hydrogens (tertiary/aromatic N) is 3. The molecule has 0 saturated heterocycles. The highest BCUT2D eigenvalue weighted by atomic mass is 32.1.